The summed E-state index contributed by atoms with van der Waals surface area (Å²) in [5.74, 6) is -4.67. The van der Waals surface area contributed by atoms with Crippen molar-refractivity contribution in [3.05, 3.63) is 36.0 Å². The summed E-state index contributed by atoms with van der Waals surface area (Å²) >= 11 is 4.07. The largest absolute Gasteiger partial charge is 0.481 e. The third kappa shape index (κ3) is 8.00. The molecule has 12 nitrogen and oxygen atoms in total. The number of aliphatic carboxylic acids is 2. The van der Waals surface area contributed by atoms with Gasteiger partial charge in [-0.15, -0.1) is 0 Å². The van der Waals surface area contributed by atoms with E-state index in [1.807, 2.05) is 24.3 Å². The normalized spacial score (nSPS) is 14.4. The van der Waals surface area contributed by atoms with Crippen molar-refractivity contribution in [2.45, 2.75) is 50.4 Å². The molecule has 0 aliphatic carbocycles. The minimum atomic E-state index is -1.26. The van der Waals surface area contributed by atoms with Crippen LogP contribution in [0.2, 0.25) is 0 Å². The van der Waals surface area contributed by atoms with Crippen molar-refractivity contribution in [1.29, 1.82) is 0 Å². The maximum Gasteiger partial charge on any atom is 0.326 e. The smallest absolute Gasteiger partial charge is 0.326 e. The van der Waals surface area contributed by atoms with Gasteiger partial charge in [0, 0.05) is 35.7 Å². The van der Waals surface area contributed by atoms with E-state index in [0.717, 1.165) is 10.9 Å². The average Bonchev–Trinajstić information content (AvgIpc) is 3.22. The Labute approximate surface area is 206 Å². The first-order valence-electron chi connectivity index (χ1n) is 10.8. The zero-order valence-corrected chi connectivity index (χ0v) is 19.9. The van der Waals surface area contributed by atoms with E-state index in [0.29, 0.717) is 5.56 Å². The number of benzene rings is 1. The molecule has 190 valence electrons. The molecule has 0 spiro atoms. The molecule has 13 heteroatoms. The second-order valence-corrected chi connectivity index (χ2v) is 8.34. The number of thiol groups is 1. The number of fused-ring (bicyclic) bond motifs is 1. The Morgan fingerprint density at radius 2 is 1.66 bits per heavy atom. The minimum absolute atomic E-state index is 0.0129. The van der Waals surface area contributed by atoms with Gasteiger partial charge in [0.1, 0.15) is 18.1 Å². The van der Waals surface area contributed by atoms with Gasteiger partial charge in [-0.25, -0.2) is 4.79 Å². The number of nitrogens with one attached hydrogen (secondary N) is 4. The van der Waals surface area contributed by atoms with Gasteiger partial charge in [-0.05, 0) is 25.0 Å². The molecule has 0 fully saturated rings. The fourth-order valence-electron chi connectivity index (χ4n) is 3.28. The molecule has 8 N–H and O–H groups in total. The third-order valence-corrected chi connectivity index (χ3v) is 5.65. The predicted octanol–water partition coefficient (Wildman–Crippen LogP) is -0.609. The minimum Gasteiger partial charge on any atom is -0.481 e. The molecule has 2 rings (SSSR count). The Bertz CT molecular complexity index is 1090. The van der Waals surface area contributed by atoms with E-state index in [4.69, 9.17) is 10.8 Å². The van der Waals surface area contributed by atoms with Crippen molar-refractivity contribution < 1.29 is 34.2 Å². The first kappa shape index (κ1) is 27.7. The fraction of sp³-hybridized carbons (Fsp3) is 0.409. The maximum absolute atomic E-state index is 12.7. The number of carbonyl (C=O) groups excluding carboxylic acids is 3. The van der Waals surface area contributed by atoms with E-state index in [-0.39, 0.29) is 25.0 Å². The van der Waals surface area contributed by atoms with E-state index in [1.54, 1.807) is 6.20 Å². The zero-order valence-electron chi connectivity index (χ0n) is 19.0. The number of nitrogens with two attached hydrogens (primary N) is 1. The Morgan fingerprint density at radius 1 is 1.00 bits per heavy atom. The highest BCUT2D eigenvalue weighted by Gasteiger charge is 2.28. The summed E-state index contributed by atoms with van der Waals surface area (Å²) < 4.78 is 0. The lowest BCUT2D eigenvalue weighted by Gasteiger charge is -2.22. The number of para-hydroxylation sites is 1. The molecule has 1 aromatic heterocycles. The number of rotatable bonds is 13. The number of aromatic amines is 1. The van der Waals surface area contributed by atoms with Crippen LogP contribution in [0.4, 0.5) is 0 Å². The van der Waals surface area contributed by atoms with Gasteiger partial charge in [0.15, 0.2) is 0 Å². The Hall–Kier alpha value is -3.58. The van der Waals surface area contributed by atoms with E-state index in [1.165, 1.54) is 6.92 Å². The molecule has 0 bridgehead atoms. The molecule has 0 aliphatic rings. The van der Waals surface area contributed by atoms with Crippen LogP contribution in [0.1, 0.15) is 25.3 Å². The van der Waals surface area contributed by atoms with Crippen molar-refractivity contribution in [3.63, 3.8) is 0 Å². The van der Waals surface area contributed by atoms with Crippen molar-refractivity contribution >= 4 is 53.2 Å². The second-order valence-electron chi connectivity index (χ2n) is 7.98. The molecule has 35 heavy (non-hydrogen) atoms. The number of amides is 3. The molecule has 3 amide bonds. The summed E-state index contributed by atoms with van der Waals surface area (Å²) in [5, 5.41) is 26.3. The zero-order chi connectivity index (χ0) is 26.1. The first-order valence-corrected chi connectivity index (χ1v) is 11.4. The third-order valence-electron chi connectivity index (χ3n) is 5.29. The van der Waals surface area contributed by atoms with Gasteiger partial charge in [0.2, 0.25) is 17.7 Å². The van der Waals surface area contributed by atoms with Crippen LogP contribution >= 0.6 is 12.6 Å². The summed E-state index contributed by atoms with van der Waals surface area (Å²) in [6.45, 7) is 1.36. The molecule has 0 aliphatic heterocycles. The topological polar surface area (TPSA) is 204 Å². The van der Waals surface area contributed by atoms with Gasteiger partial charge in [0.25, 0.3) is 0 Å². The second kappa shape index (κ2) is 12.8. The lowest BCUT2D eigenvalue weighted by atomic mass is 10.0. The molecule has 2 aromatic rings. The van der Waals surface area contributed by atoms with E-state index >= 15 is 0 Å². The standard InChI is InChI=1S/C22H29N5O7S/c1-11(25-20(31)14(23)6-7-18(28)29)19(30)27-17(10-35)21(32)26-16(22(33)34)8-12-9-24-15-5-3-2-4-13(12)15/h2-5,9,11,14,16-17,24,35H,6-8,10,23H2,1H3,(H,25,31)(H,26,32)(H,27,30)(H,28,29)(H,33,34). The van der Waals surface area contributed by atoms with Gasteiger partial charge in [-0.2, -0.15) is 12.6 Å². The molecule has 0 saturated heterocycles. The monoisotopic (exact) mass is 507 g/mol. The molecular formula is C22H29N5O7S. The van der Waals surface area contributed by atoms with Crippen molar-refractivity contribution in [3.8, 4) is 0 Å². The molecule has 4 unspecified atom stereocenters. The van der Waals surface area contributed by atoms with Crippen molar-refractivity contribution in [2.75, 3.05) is 5.75 Å². The van der Waals surface area contributed by atoms with Gasteiger partial charge in [-0.1, -0.05) is 18.2 Å². The van der Waals surface area contributed by atoms with Crippen LogP contribution in [0.5, 0.6) is 0 Å². The maximum atomic E-state index is 12.7. The van der Waals surface area contributed by atoms with Crippen LogP contribution < -0.4 is 21.7 Å². The molecule has 1 heterocycles. The number of H-pyrrole nitrogens is 1. The van der Waals surface area contributed by atoms with E-state index in [9.17, 15) is 29.1 Å². The van der Waals surface area contributed by atoms with Crippen LogP contribution in [0.3, 0.4) is 0 Å². The van der Waals surface area contributed by atoms with E-state index in [2.05, 4.69) is 33.6 Å². The predicted molar refractivity (Wildman–Crippen MR) is 130 cm³/mol. The summed E-state index contributed by atoms with van der Waals surface area (Å²) in [6, 6.07) is 2.70. The van der Waals surface area contributed by atoms with Crippen LogP contribution in [-0.4, -0.2) is 74.8 Å². The highest BCUT2D eigenvalue weighted by molar-refractivity contribution is 7.80. The molecule has 0 saturated carbocycles. The lowest BCUT2D eigenvalue weighted by Crippen LogP contribution is -2.57. The number of carboxylic acids is 2. The summed E-state index contributed by atoms with van der Waals surface area (Å²) in [6.07, 6.45) is 1.28. The van der Waals surface area contributed by atoms with Crippen LogP contribution in [0.15, 0.2) is 30.5 Å². The number of aromatic nitrogens is 1. The molecule has 1 aromatic carbocycles. The highest BCUT2D eigenvalue weighted by atomic mass is 32.1. The average molecular weight is 508 g/mol. The van der Waals surface area contributed by atoms with Gasteiger partial charge in [-0.3, -0.25) is 19.2 Å². The van der Waals surface area contributed by atoms with Gasteiger partial charge in [0.05, 0.1) is 6.04 Å². The van der Waals surface area contributed by atoms with Crippen LogP contribution in [-0.2, 0) is 30.4 Å². The summed E-state index contributed by atoms with van der Waals surface area (Å²) in [7, 11) is 0. The first-order chi connectivity index (χ1) is 16.5. The van der Waals surface area contributed by atoms with Crippen LogP contribution in [0, 0.1) is 0 Å². The molecular weight excluding hydrogens is 478 g/mol. The van der Waals surface area contributed by atoms with Crippen molar-refractivity contribution in [2.24, 2.45) is 5.73 Å². The molecule has 0 radical (unpaired) electrons. The van der Waals surface area contributed by atoms with E-state index < -0.39 is 53.8 Å². The van der Waals surface area contributed by atoms with Crippen LogP contribution in [0.25, 0.3) is 10.9 Å². The summed E-state index contributed by atoms with van der Waals surface area (Å²) in [5.41, 5.74) is 7.16. The van der Waals surface area contributed by atoms with Gasteiger partial charge < -0.3 is 36.9 Å². The Balaban J connectivity index is 1.97. The quantitative estimate of drug-likeness (QED) is 0.164. The number of hydrogen-bond acceptors (Lipinski definition) is 7. The molecule has 4 atom stereocenters. The SMILES string of the molecule is CC(NC(=O)C(N)CCC(=O)O)C(=O)NC(CS)C(=O)NC(Cc1c[nH]c2ccccc12)C(=O)O. The Morgan fingerprint density at radius 3 is 2.29 bits per heavy atom. The number of hydrogen-bond donors (Lipinski definition) is 8. The number of carbonyl (C=O) groups is 5. The summed E-state index contributed by atoms with van der Waals surface area (Å²) in [4.78, 5) is 62.7. The fourth-order valence-corrected chi connectivity index (χ4v) is 3.54. The Kier molecular flexibility index (Phi) is 10.1. The van der Waals surface area contributed by atoms with Crippen molar-refractivity contribution in [1.82, 2.24) is 20.9 Å². The highest BCUT2D eigenvalue weighted by Crippen LogP contribution is 2.19. The van der Waals surface area contributed by atoms with Gasteiger partial charge >= 0.3 is 11.9 Å². The lowest BCUT2D eigenvalue weighted by molar-refractivity contribution is -0.142. The number of carboxylic acid groups (broad SMARTS) is 2.